The van der Waals surface area contributed by atoms with Crippen molar-refractivity contribution in [3.05, 3.63) is 52.7 Å². The third-order valence-electron chi connectivity index (χ3n) is 8.51. The second kappa shape index (κ2) is 9.07. The number of amides is 2. The van der Waals surface area contributed by atoms with Crippen LogP contribution in [0.2, 0.25) is 0 Å². The third kappa shape index (κ3) is 4.01. The Labute approximate surface area is 212 Å². The molecule has 3 unspecified atom stereocenters. The highest BCUT2D eigenvalue weighted by atomic mass is 16.5. The normalized spacial score (nSPS) is 25.2. The summed E-state index contributed by atoms with van der Waals surface area (Å²) in [5, 5.41) is 9.66. The Hall–Kier alpha value is -3.13. The van der Waals surface area contributed by atoms with Gasteiger partial charge in [0, 0.05) is 35.8 Å². The molecule has 190 valence electrons. The van der Waals surface area contributed by atoms with Crippen molar-refractivity contribution in [2.75, 3.05) is 24.6 Å². The Morgan fingerprint density at radius 3 is 2.75 bits per heavy atom. The van der Waals surface area contributed by atoms with Crippen molar-refractivity contribution < 1.29 is 14.3 Å². The van der Waals surface area contributed by atoms with E-state index in [4.69, 9.17) is 4.74 Å². The molecule has 1 saturated carbocycles. The number of hydrogen-bond donors (Lipinski definition) is 3. The van der Waals surface area contributed by atoms with E-state index in [0.29, 0.717) is 23.8 Å². The number of aromatic nitrogens is 1. The molecular weight excluding hydrogens is 454 g/mol. The van der Waals surface area contributed by atoms with Gasteiger partial charge in [-0.05, 0) is 82.8 Å². The lowest BCUT2D eigenvalue weighted by Gasteiger charge is -2.26. The zero-order valence-corrected chi connectivity index (χ0v) is 21.1. The maximum Gasteiger partial charge on any atom is 0.253 e. The molecule has 0 radical (unpaired) electrons. The van der Waals surface area contributed by atoms with Gasteiger partial charge in [0.05, 0.1) is 23.8 Å². The van der Waals surface area contributed by atoms with Crippen LogP contribution in [0.3, 0.4) is 0 Å². The fourth-order valence-electron chi connectivity index (χ4n) is 6.45. The predicted octanol–water partition coefficient (Wildman–Crippen LogP) is 2.74. The molecule has 1 aromatic carbocycles. The minimum absolute atomic E-state index is 0.0360. The van der Waals surface area contributed by atoms with E-state index in [0.717, 1.165) is 68.7 Å². The summed E-state index contributed by atoms with van der Waals surface area (Å²) in [4.78, 5) is 32.7. The average molecular weight is 490 g/mol. The second-order valence-electron chi connectivity index (χ2n) is 10.8. The lowest BCUT2D eigenvalue weighted by molar-refractivity contribution is 0.0922. The van der Waals surface area contributed by atoms with Gasteiger partial charge in [-0.1, -0.05) is 6.07 Å². The minimum atomic E-state index is -0.0481. The Bertz CT molecular complexity index is 1180. The van der Waals surface area contributed by atoms with Gasteiger partial charge in [-0.25, -0.2) is 4.98 Å². The molecular formula is C28H35N5O3. The van der Waals surface area contributed by atoms with Gasteiger partial charge >= 0.3 is 0 Å². The predicted molar refractivity (Wildman–Crippen MR) is 138 cm³/mol. The number of nitrogens with one attached hydrogen (secondary N) is 3. The standard InChI is InChI=1S/C28H35N5O3/c1-17(31-27(35)22-5-3-19-10-14-36-25(19)18(22)2)15-28-11-7-23(28)33(28)24-6-4-20(16-30-24)26(34)32-21-8-12-29-13-9-21/h3-6,16-17,21,23,29H,7-15H2,1-2H3,(H,31,35)(H,32,34). The molecule has 3 atom stereocenters. The van der Waals surface area contributed by atoms with E-state index in [1.54, 1.807) is 6.20 Å². The Balaban J connectivity index is 1.07. The highest BCUT2D eigenvalue weighted by Crippen LogP contribution is 2.60. The van der Waals surface area contributed by atoms with Crippen molar-refractivity contribution in [2.24, 2.45) is 0 Å². The van der Waals surface area contributed by atoms with Crippen molar-refractivity contribution in [1.29, 1.82) is 0 Å². The van der Waals surface area contributed by atoms with Crippen molar-refractivity contribution >= 4 is 17.6 Å². The fourth-order valence-corrected chi connectivity index (χ4v) is 6.45. The van der Waals surface area contributed by atoms with E-state index in [1.165, 1.54) is 5.56 Å². The topological polar surface area (TPSA) is 95.4 Å². The number of ether oxygens (including phenoxy) is 1. The number of rotatable bonds is 7. The number of carbonyl (C=O) groups is 2. The van der Waals surface area contributed by atoms with Gasteiger partial charge in [-0.3, -0.25) is 9.59 Å². The number of carbonyl (C=O) groups excluding carboxylic acids is 2. The first kappa shape index (κ1) is 23.3. The quantitative estimate of drug-likeness (QED) is 0.518. The number of pyridine rings is 1. The minimum Gasteiger partial charge on any atom is -0.493 e. The van der Waals surface area contributed by atoms with E-state index in [1.807, 2.05) is 31.2 Å². The smallest absolute Gasteiger partial charge is 0.253 e. The van der Waals surface area contributed by atoms with Gasteiger partial charge in [0.25, 0.3) is 11.8 Å². The van der Waals surface area contributed by atoms with Crippen LogP contribution in [0.15, 0.2) is 30.5 Å². The van der Waals surface area contributed by atoms with Crippen LogP contribution in [-0.2, 0) is 6.42 Å². The first-order chi connectivity index (χ1) is 17.5. The highest BCUT2D eigenvalue weighted by Gasteiger charge is 2.69. The molecule has 4 heterocycles. The summed E-state index contributed by atoms with van der Waals surface area (Å²) in [6.45, 7) is 6.63. The molecule has 8 nitrogen and oxygen atoms in total. The number of benzene rings is 1. The molecule has 0 bridgehead atoms. The van der Waals surface area contributed by atoms with Gasteiger partial charge in [-0.15, -0.1) is 0 Å². The van der Waals surface area contributed by atoms with Gasteiger partial charge in [0.2, 0.25) is 0 Å². The highest BCUT2D eigenvalue weighted by molar-refractivity contribution is 5.97. The zero-order valence-electron chi connectivity index (χ0n) is 21.1. The molecule has 2 aromatic rings. The molecule has 2 saturated heterocycles. The molecule has 3 fully saturated rings. The Kier molecular flexibility index (Phi) is 5.86. The van der Waals surface area contributed by atoms with E-state index < -0.39 is 0 Å². The molecule has 8 heteroatoms. The van der Waals surface area contributed by atoms with Gasteiger partial charge in [0.1, 0.15) is 11.6 Å². The van der Waals surface area contributed by atoms with Crippen LogP contribution in [0.4, 0.5) is 5.82 Å². The molecule has 3 aliphatic heterocycles. The molecule has 4 aliphatic rings. The van der Waals surface area contributed by atoms with Crippen LogP contribution in [0.5, 0.6) is 5.75 Å². The third-order valence-corrected chi connectivity index (χ3v) is 8.51. The largest absolute Gasteiger partial charge is 0.493 e. The molecule has 1 aromatic heterocycles. The molecule has 6 rings (SSSR count). The monoisotopic (exact) mass is 489 g/mol. The molecule has 1 aliphatic carbocycles. The summed E-state index contributed by atoms with van der Waals surface area (Å²) in [7, 11) is 0. The van der Waals surface area contributed by atoms with Crippen LogP contribution in [0.25, 0.3) is 0 Å². The van der Waals surface area contributed by atoms with Gasteiger partial charge < -0.3 is 25.6 Å². The van der Waals surface area contributed by atoms with E-state index >= 15 is 0 Å². The zero-order chi connectivity index (χ0) is 24.9. The maximum absolute atomic E-state index is 13.0. The summed E-state index contributed by atoms with van der Waals surface area (Å²) in [5.41, 5.74) is 3.47. The van der Waals surface area contributed by atoms with Crippen LogP contribution < -0.4 is 25.6 Å². The number of piperidine rings is 1. The molecule has 0 spiro atoms. The number of anilines is 1. The van der Waals surface area contributed by atoms with Crippen LogP contribution >= 0.6 is 0 Å². The maximum atomic E-state index is 13.0. The van der Waals surface area contributed by atoms with Crippen LogP contribution in [0.1, 0.15) is 70.9 Å². The van der Waals surface area contributed by atoms with Crippen LogP contribution in [0, 0.1) is 6.92 Å². The SMILES string of the molecule is Cc1c(C(=O)NC(C)CC23CCC2N3c2ccc(C(=O)NC3CCNCC3)cn2)ccc2c1OCC2. The van der Waals surface area contributed by atoms with E-state index in [9.17, 15) is 9.59 Å². The molecule has 36 heavy (non-hydrogen) atoms. The summed E-state index contributed by atoms with van der Waals surface area (Å²) < 4.78 is 5.74. The van der Waals surface area contributed by atoms with E-state index in [-0.39, 0.29) is 29.4 Å². The molecule has 2 amide bonds. The lowest BCUT2D eigenvalue weighted by atomic mass is 9.80. The Morgan fingerprint density at radius 2 is 2.03 bits per heavy atom. The summed E-state index contributed by atoms with van der Waals surface area (Å²) in [6.07, 6.45) is 7.65. The molecule has 3 N–H and O–H groups in total. The summed E-state index contributed by atoms with van der Waals surface area (Å²) in [6, 6.07) is 8.52. The van der Waals surface area contributed by atoms with Crippen molar-refractivity contribution in [2.45, 2.75) is 76.0 Å². The summed E-state index contributed by atoms with van der Waals surface area (Å²) in [5.74, 6) is 1.70. The van der Waals surface area contributed by atoms with Crippen molar-refractivity contribution in [3.63, 3.8) is 0 Å². The van der Waals surface area contributed by atoms with Crippen LogP contribution in [-0.4, -0.2) is 60.2 Å². The van der Waals surface area contributed by atoms with E-state index in [2.05, 4.69) is 32.8 Å². The second-order valence-corrected chi connectivity index (χ2v) is 10.8. The van der Waals surface area contributed by atoms with Crippen molar-refractivity contribution in [3.8, 4) is 5.75 Å². The summed E-state index contributed by atoms with van der Waals surface area (Å²) >= 11 is 0. The lowest BCUT2D eigenvalue weighted by Crippen LogP contribution is -2.42. The van der Waals surface area contributed by atoms with Gasteiger partial charge in [-0.2, -0.15) is 0 Å². The first-order valence-corrected chi connectivity index (χ1v) is 13.3. The number of fused-ring (bicyclic) bond motifs is 2. The Morgan fingerprint density at radius 1 is 1.19 bits per heavy atom. The average Bonchev–Trinajstić information content (AvgIpc) is 3.18. The van der Waals surface area contributed by atoms with Crippen molar-refractivity contribution in [1.82, 2.24) is 20.9 Å². The fraction of sp³-hybridized carbons (Fsp3) is 0.536. The number of hydrogen-bond acceptors (Lipinski definition) is 6. The van der Waals surface area contributed by atoms with Gasteiger partial charge in [0.15, 0.2) is 0 Å². The number of nitrogens with zero attached hydrogens (tertiary/aromatic N) is 2. The first-order valence-electron chi connectivity index (χ1n) is 13.3.